The van der Waals surface area contributed by atoms with Crippen LogP contribution >= 0.6 is 0 Å². The fourth-order valence-electron chi connectivity index (χ4n) is 0.222. The maximum atomic E-state index is 10.1. The highest BCUT2D eigenvalue weighted by molar-refractivity contribution is 5.70. The van der Waals surface area contributed by atoms with Crippen molar-refractivity contribution in [3.05, 3.63) is 0 Å². The van der Waals surface area contributed by atoms with Crippen LogP contribution in [0, 0.1) is 0 Å². The third-order valence-corrected chi connectivity index (χ3v) is 0.445. The van der Waals surface area contributed by atoms with E-state index < -0.39 is 25.2 Å². The molecule has 5 nitrogen and oxygen atoms in total. The van der Waals surface area contributed by atoms with Gasteiger partial charge in [0.15, 0.2) is 0 Å². The topological polar surface area (TPSA) is 83.8 Å². The van der Waals surface area contributed by atoms with Crippen molar-refractivity contribution < 1.29 is 24.5 Å². The van der Waals surface area contributed by atoms with Crippen molar-refractivity contribution >= 4 is 11.9 Å². The lowest BCUT2D eigenvalue weighted by Gasteiger charge is -1.92. The second kappa shape index (κ2) is 3.85. The molecule has 0 aromatic rings. The van der Waals surface area contributed by atoms with Crippen LogP contribution in [-0.4, -0.2) is 35.4 Å². The van der Waals surface area contributed by atoms with Gasteiger partial charge in [-0.3, -0.25) is 0 Å². The third-order valence-electron chi connectivity index (χ3n) is 0.445. The van der Waals surface area contributed by atoms with Gasteiger partial charge in [0, 0.05) is 0 Å². The Kier molecular flexibility index (Phi) is 2.58. The zero-order chi connectivity index (χ0) is 7.98. The SMILES string of the molecule is [2H]OC(=O)COCC(=O)O. The van der Waals surface area contributed by atoms with Crippen molar-refractivity contribution in [3.8, 4) is 0 Å². The molecule has 0 aromatic carbocycles. The smallest absolute Gasteiger partial charge is 0.329 e. The minimum absolute atomic E-state index is 0.504. The van der Waals surface area contributed by atoms with Gasteiger partial charge in [-0.1, -0.05) is 0 Å². The van der Waals surface area contributed by atoms with E-state index >= 15 is 0 Å². The predicted molar refractivity (Wildman–Crippen MR) is 26.1 cm³/mol. The van der Waals surface area contributed by atoms with Crippen LogP contribution in [0.2, 0.25) is 0 Å². The highest BCUT2D eigenvalue weighted by atomic mass is 16.5. The maximum absolute atomic E-state index is 10.1. The molecule has 2 N–H and O–H groups in total. The van der Waals surface area contributed by atoms with Gasteiger partial charge >= 0.3 is 11.9 Å². The van der Waals surface area contributed by atoms with E-state index in [2.05, 4.69) is 9.85 Å². The Labute approximate surface area is 52.4 Å². The second-order valence-electron chi connectivity index (χ2n) is 1.26. The first-order chi connectivity index (χ1) is 4.66. The van der Waals surface area contributed by atoms with E-state index in [1.807, 2.05) is 0 Å². The highest BCUT2D eigenvalue weighted by Gasteiger charge is 1.98. The third kappa shape index (κ3) is 6.90. The molecular formula is C4H6O5. The van der Waals surface area contributed by atoms with Crippen LogP contribution < -0.4 is 0 Å². The average molecular weight is 135 g/mol. The zero-order valence-electron chi connectivity index (χ0n) is 5.49. The summed E-state index contributed by atoms with van der Waals surface area (Å²) < 4.78 is 10.3. The van der Waals surface area contributed by atoms with Crippen LogP contribution in [0.4, 0.5) is 0 Å². The number of carboxylic acids is 2. The summed E-state index contributed by atoms with van der Waals surface area (Å²) in [5.74, 6) is -2.08. The lowest BCUT2D eigenvalue weighted by Crippen LogP contribution is -2.13. The van der Waals surface area contributed by atoms with Crippen molar-refractivity contribution in [2.45, 2.75) is 0 Å². The fraction of sp³-hybridized carbons (Fsp3) is 0.500. The van der Waals surface area contributed by atoms with E-state index in [-0.39, 0.29) is 0 Å². The number of carbonyl (C=O) groups is 2. The van der Waals surface area contributed by atoms with Crippen LogP contribution in [0.15, 0.2) is 0 Å². The highest BCUT2D eigenvalue weighted by Crippen LogP contribution is 1.73. The second-order valence-corrected chi connectivity index (χ2v) is 1.26. The van der Waals surface area contributed by atoms with E-state index in [0.29, 0.717) is 0 Å². The summed E-state index contributed by atoms with van der Waals surface area (Å²) in [4.78, 5) is 19.8. The van der Waals surface area contributed by atoms with Crippen LogP contribution in [0.1, 0.15) is 0 Å². The molecule has 52 valence electrons. The molecule has 0 aliphatic carbocycles. The van der Waals surface area contributed by atoms with Gasteiger partial charge < -0.3 is 15.0 Å². The molecule has 0 heterocycles. The number of hydrogen-bond acceptors (Lipinski definition) is 4. The van der Waals surface area contributed by atoms with Crippen LogP contribution in [0.3, 0.4) is 0 Å². The summed E-state index contributed by atoms with van der Waals surface area (Å²) in [6.45, 7) is -1.06. The Hall–Kier alpha value is -1.10. The van der Waals surface area contributed by atoms with Crippen molar-refractivity contribution in [2.75, 3.05) is 13.2 Å². The number of aliphatic carboxylic acids is 2. The quantitative estimate of drug-likeness (QED) is 0.525. The van der Waals surface area contributed by atoms with Crippen LogP contribution in [-0.2, 0) is 14.3 Å². The molecule has 9 heavy (non-hydrogen) atoms. The molecule has 0 fully saturated rings. The molecule has 0 aliphatic rings. The Morgan fingerprint density at radius 1 is 1.44 bits per heavy atom. The monoisotopic (exact) mass is 135 g/mol. The van der Waals surface area contributed by atoms with Gasteiger partial charge in [0.1, 0.15) is 13.2 Å². The molecule has 5 heteroatoms. The fourth-order valence-corrected chi connectivity index (χ4v) is 0.222. The van der Waals surface area contributed by atoms with Crippen LogP contribution in [0.5, 0.6) is 0 Å². The molecule has 0 rings (SSSR count). The molecule has 0 bridgehead atoms. The maximum Gasteiger partial charge on any atom is 0.329 e. The van der Waals surface area contributed by atoms with Crippen molar-refractivity contribution in [1.82, 2.24) is 0 Å². The molecule has 0 aromatic heterocycles. The van der Waals surface area contributed by atoms with Crippen molar-refractivity contribution in [1.29, 1.82) is 1.43 Å². The molecule has 0 saturated carbocycles. The summed E-state index contributed by atoms with van der Waals surface area (Å²) in [7, 11) is 0. The van der Waals surface area contributed by atoms with Gasteiger partial charge in [-0.15, -0.1) is 0 Å². The molecule has 0 aliphatic heterocycles. The standard InChI is InChI=1S/C4H6O5/c5-3(6)1-9-2-4(7)8/h1-2H2,(H,5,6)(H,7,8)/i/hD. The average Bonchev–Trinajstić information content (AvgIpc) is 1.87. The first kappa shape index (κ1) is 6.03. The Morgan fingerprint density at radius 3 is 2.44 bits per heavy atom. The zero-order valence-corrected chi connectivity index (χ0v) is 4.49. The minimum atomic E-state index is -1.17. The van der Waals surface area contributed by atoms with E-state index in [1.54, 1.807) is 0 Å². The first-order valence-electron chi connectivity index (χ1n) is 2.53. The molecule has 0 atom stereocenters. The minimum Gasteiger partial charge on any atom is -0.480 e. The summed E-state index contributed by atoms with van der Waals surface area (Å²) in [5, 5.41) is 11.4. The van der Waals surface area contributed by atoms with E-state index in [0.717, 1.165) is 0 Å². The lowest BCUT2D eigenvalue weighted by molar-refractivity contribution is -0.148. The van der Waals surface area contributed by atoms with Gasteiger partial charge in [-0.05, 0) is 0 Å². The molecule has 0 spiro atoms. The van der Waals surface area contributed by atoms with Gasteiger partial charge in [-0.25, -0.2) is 9.59 Å². The molecule has 0 saturated heterocycles. The summed E-state index contributed by atoms with van der Waals surface area (Å²) in [6, 6.07) is 0. The Morgan fingerprint density at radius 2 is 2.00 bits per heavy atom. The van der Waals surface area contributed by atoms with Crippen molar-refractivity contribution in [3.63, 3.8) is 0 Å². The van der Waals surface area contributed by atoms with Crippen molar-refractivity contribution in [2.24, 2.45) is 0 Å². The normalized spacial score (nSPS) is 10.0. The Balaban J connectivity index is 3.20. The number of rotatable bonds is 4. The van der Waals surface area contributed by atoms with Gasteiger partial charge in [0.05, 0.1) is 0 Å². The number of hydrogen-bond donors (Lipinski definition) is 2. The summed E-state index contributed by atoms with van der Waals surface area (Å²) in [5.41, 5.74) is 0. The van der Waals surface area contributed by atoms with E-state index in [9.17, 15) is 9.59 Å². The van der Waals surface area contributed by atoms with Gasteiger partial charge in [0.2, 0.25) is 0 Å². The summed E-state index contributed by atoms with van der Waals surface area (Å²) in [6.07, 6.45) is 0. The lowest BCUT2D eigenvalue weighted by atomic mass is 10.7. The van der Waals surface area contributed by atoms with E-state index in [1.165, 1.54) is 0 Å². The van der Waals surface area contributed by atoms with Gasteiger partial charge in [0.25, 0.3) is 1.43 Å². The van der Waals surface area contributed by atoms with Crippen LogP contribution in [0.25, 0.3) is 1.43 Å². The molecule has 0 radical (unpaired) electrons. The molecule has 0 unspecified atom stereocenters. The first-order valence-corrected chi connectivity index (χ1v) is 2.12. The number of carboxylic acid groups (broad SMARTS) is 2. The molecular weight excluding hydrogens is 128 g/mol. The summed E-state index contributed by atoms with van der Waals surface area (Å²) >= 11 is 0. The van der Waals surface area contributed by atoms with E-state index in [4.69, 9.17) is 6.54 Å². The largest absolute Gasteiger partial charge is 0.480 e. The predicted octanol–water partition coefficient (Wildman–Crippen LogP) is -0.828. The van der Waals surface area contributed by atoms with Gasteiger partial charge in [-0.2, -0.15) is 0 Å². The number of ether oxygens (including phenoxy) is 1. The Bertz CT molecular complexity index is 134. The molecule has 0 amide bonds.